The predicted octanol–water partition coefficient (Wildman–Crippen LogP) is 2.73. The van der Waals surface area contributed by atoms with Crippen LogP contribution in [0.15, 0.2) is 12.1 Å². The van der Waals surface area contributed by atoms with Crippen molar-refractivity contribution in [1.82, 2.24) is 4.90 Å². The van der Waals surface area contributed by atoms with Crippen LogP contribution in [0, 0.1) is 12.8 Å². The molecule has 0 aliphatic carbocycles. The molecular weight excluding hydrogens is 302 g/mol. The molecule has 0 aliphatic rings. The molecule has 1 rings (SSSR count). The van der Waals surface area contributed by atoms with Gasteiger partial charge in [-0.2, -0.15) is 0 Å². The molecular formula is C16H25NO4S. The van der Waals surface area contributed by atoms with Crippen LogP contribution in [0.3, 0.4) is 0 Å². The van der Waals surface area contributed by atoms with Gasteiger partial charge in [-0.1, -0.05) is 6.92 Å². The summed E-state index contributed by atoms with van der Waals surface area (Å²) in [6, 6.07) is 3.76. The van der Waals surface area contributed by atoms with Crippen LogP contribution in [-0.4, -0.2) is 50.2 Å². The summed E-state index contributed by atoms with van der Waals surface area (Å²) in [5, 5.41) is 0. The van der Waals surface area contributed by atoms with Gasteiger partial charge in [0.1, 0.15) is 0 Å². The van der Waals surface area contributed by atoms with Crippen molar-refractivity contribution in [2.45, 2.75) is 27.2 Å². The molecule has 1 heterocycles. The first-order valence-corrected chi connectivity index (χ1v) is 8.32. The molecule has 0 fully saturated rings. The third-order valence-corrected chi connectivity index (χ3v) is 4.25. The summed E-state index contributed by atoms with van der Waals surface area (Å²) in [7, 11) is 1.36. The molecule has 1 aromatic rings. The first-order chi connectivity index (χ1) is 10.5. The van der Waals surface area contributed by atoms with Gasteiger partial charge in [-0.05, 0) is 32.4 Å². The molecule has 22 heavy (non-hydrogen) atoms. The number of rotatable bonds is 9. The molecule has 0 spiro atoms. The van der Waals surface area contributed by atoms with Gasteiger partial charge in [0, 0.05) is 31.2 Å². The summed E-state index contributed by atoms with van der Waals surface area (Å²) in [5.74, 6) is -0.683. The van der Waals surface area contributed by atoms with Crippen molar-refractivity contribution in [2.24, 2.45) is 5.92 Å². The molecule has 1 aromatic heterocycles. The molecule has 1 atom stereocenters. The van der Waals surface area contributed by atoms with Crippen LogP contribution in [0.5, 0.6) is 0 Å². The number of thiophene rings is 1. The highest BCUT2D eigenvalue weighted by Gasteiger charge is 2.23. The molecule has 0 bridgehead atoms. The van der Waals surface area contributed by atoms with Crippen molar-refractivity contribution in [3.63, 3.8) is 0 Å². The molecule has 6 heteroatoms. The summed E-state index contributed by atoms with van der Waals surface area (Å²) in [6.45, 7) is 7.88. The largest absolute Gasteiger partial charge is 0.469 e. The summed E-state index contributed by atoms with van der Waals surface area (Å²) in [4.78, 5) is 27.7. The lowest BCUT2D eigenvalue weighted by Crippen LogP contribution is -2.38. The first kappa shape index (κ1) is 18.6. The number of carbonyl (C=O) groups is 2. The van der Waals surface area contributed by atoms with Gasteiger partial charge in [0.15, 0.2) is 0 Å². The summed E-state index contributed by atoms with van der Waals surface area (Å²) in [5.41, 5.74) is 0. The molecule has 0 aliphatic heterocycles. The zero-order chi connectivity index (χ0) is 16.5. The predicted molar refractivity (Wildman–Crippen MR) is 87.2 cm³/mol. The fourth-order valence-corrected chi connectivity index (χ4v) is 2.92. The van der Waals surface area contributed by atoms with Gasteiger partial charge in [0.25, 0.3) is 5.91 Å². The molecule has 0 saturated heterocycles. The number of hydrogen-bond donors (Lipinski definition) is 0. The van der Waals surface area contributed by atoms with Gasteiger partial charge in [-0.15, -0.1) is 11.3 Å². The molecule has 0 saturated carbocycles. The van der Waals surface area contributed by atoms with Crippen LogP contribution in [0.1, 0.15) is 34.8 Å². The van der Waals surface area contributed by atoms with E-state index in [2.05, 4.69) is 0 Å². The third kappa shape index (κ3) is 5.77. The van der Waals surface area contributed by atoms with Crippen LogP contribution < -0.4 is 0 Å². The summed E-state index contributed by atoms with van der Waals surface area (Å²) >= 11 is 1.47. The molecule has 5 nitrogen and oxygen atoms in total. The Hall–Kier alpha value is -1.40. The highest BCUT2D eigenvalue weighted by Crippen LogP contribution is 2.18. The second-order valence-corrected chi connectivity index (χ2v) is 6.42. The van der Waals surface area contributed by atoms with E-state index in [9.17, 15) is 9.59 Å². The standard InChI is InChI=1S/C16H25NO4S/c1-5-21-10-6-9-17(11-12(2)16(19)20-4)15(18)14-8-7-13(3)22-14/h7-8,12H,5-6,9-11H2,1-4H3. The normalized spacial score (nSPS) is 12.0. The van der Waals surface area contributed by atoms with Crippen LogP contribution >= 0.6 is 11.3 Å². The Morgan fingerprint density at radius 1 is 1.36 bits per heavy atom. The van der Waals surface area contributed by atoms with Gasteiger partial charge in [0.2, 0.25) is 0 Å². The van der Waals surface area contributed by atoms with Crippen molar-refractivity contribution in [1.29, 1.82) is 0 Å². The zero-order valence-corrected chi connectivity index (χ0v) is 14.6. The number of ether oxygens (including phenoxy) is 2. The minimum Gasteiger partial charge on any atom is -0.469 e. The maximum absolute atomic E-state index is 12.6. The number of nitrogens with zero attached hydrogens (tertiary/aromatic N) is 1. The van der Waals surface area contributed by atoms with Gasteiger partial charge < -0.3 is 14.4 Å². The Morgan fingerprint density at radius 2 is 2.09 bits per heavy atom. The molecule has 0 N–H and O–H groups in total. The number of esters is 1. The van der Waals surface area contributed by atoms with Crippen molar-refractivity contribution in [3.05, 3.63) is 21.9 Å². The third-order valence-electron chi connectivity index (χ3n) is 3.26. The second-order valence-electron chi connectivity index (χ2n) is 5.14. The number of methoxy groups -OCH3 is 1. The Bertz CT molecular complexity index is 486. The van der Waals surface area contributed by atoms with E-state index in [1.54, 1.807) is 11.8 Å². The van der Waals surface area contributed by atoms with E-state index in [1.165, 1.54) is 18.4 Å². The highest BCUT2D eigenvalue weighted by atomic mass is 32.1. The number of aryl methyl sites for hydroxylation is 1. The fraction of sp³-hybridized carbons (Fsp3) is 0.625. The van der Waals surface area contributed by atoms with Crippen LogP contribution in [0.2, 0.25) is 0 Å². The molecule has 1 unspecified atom stereocenters. The fourth-order valence-electron chi connectivity index (χ4n) is 2.09. The Balaban J connectivity index is 2.72. The van der Waals surface area contributed by atoms with Gasteiger partial charge in [-0.3, -0.25) is 9.59 Å². The smallest absolute Gasteiger partial charge is 0.310 e. The number of amides is 1. The van der Waals surface area contributed by atoms with Crippen molar-refractivity contribution < 1.29 is 19.1 Å². The van der Waals surface area contributed by atoms with Crippen LogP contribution in [0.25, 0.3) is 0 Å². The summed E-state index contributed by atoms with van der Waals surface area (Å²) < 4.78 is 10.1. The monoisotopic (exact) mass is 327 g/mol. The van der Waals surface area contributed by atoms with Gasteiger partial charge in [-0.25, -0.2) is 0 Å². The SMILES string of the molecule is CCOCCCN(CC(C)C(=O)OC)C(=O)c1ccc(C)s1. The average Bonchev–Trinajstić information content (AvgIpc) is 2.95. The topological polar surface area (TPSA) is 55.8 Å². The van der Waals surface area contributed by atoms with E-state index in [-0.39, 0.29) is 17.8 Å². The lowest BCUT2D eigenvalue weighted by molar-refractivity contribution is -0.145. The zero-order valence-electron chi connectivity index (χ0n) is 13.8. The lowest BCUT2D eigenvalue weighted by Gasteiger charge is -2.24. The molecule has 0 aromatic carbocycles. The van der Waals surface area contributed by atoms with E-state index < -0.39 is 0 Å². The lowest BCUT2D eigenvalue weighted by atomic mass is 10.1. The van der Waals surface area contributed by atoms with Crippen LogP contribution in [-0.2, 0) is 14.3 Å². The summed E-state index contributed by atoms with van der Waals surface area (Å²) in [6.07, 6.45) is 0.748. The Kier molecular flexibility index (Phi) is 8.12. The minimum atomic E-state index is -0.345. The van der Waals surface area contributed by atoms with Gasteiger partial charge in [0.05, 0.1) is 17.9 Å². The van der Waals surface area contributed by atoms with Crippen molar-refractivity contribution in [3.8, 4) is 0 Å². The van der Waals surface area contributed by atoms with E-state index in [0.29, 0.717) is 31.2 Å². The molecule has 0 radical (unpaired) electrons. The van der Waals surface area contributed by atoms with E-state index in [1.807, 2.05) is 26.0 Å². The number of hydrogen-bond acceptors (Lipinski definition) is 5. The molecule has 124 valence electrons. The van der Waals surface area contributed by atoms with Gasteiger partial charge >= 0.3 is 5.97 Å². The van der Waals surface area contributed by atoms with E-state index >= 15 is 0 Å². The highest BCUT2D eigenvalue weighted by molar-refractivity contribution is 7.13. The second kappa shape index (κ2) is 9.58. The van der Waals surface area contributed by atoms with E-state index in [0.717, 1.165) is 11.3 Å². The maximum Gasteiger partial charge on any atom is 0.310 e. The van der Waals surface area contributed by atoms with Crippen molar-refractivity contribution >= 4 is 23.2 Å². The van der Waals surface area contributed by atoms with Crippen LogP contribution in [0.4, 0.5) is 0 Å². The minimum absolute atomic E-state index is 0.0367. The Morgan fingerprint density at radius 3 is 2.64 bits per heavy atom. The first-order valence-electron chi connectivity index (χ1n) is 7.50. The average molecular weight is 327 g/mol. The number of carbonyl (C=O) groups excluding carboxylic acids is 2. The van der Waals surface area contributed by atoms with E-state index in [4.69, 9.17) is 9.47 Å². The Labute approximate surface area is 136 Å². The maximum atomic E-state index is 12.6. The molecule has 1 amide bonds. The van der Waals surface area contributed by atoms with Crippen molar-refractivity contribution in [2.75, 3.05) is 33.4 Å². The quantitative estimate of drug-likeness (QED) is 0.517.